The minimum absolute atomic E-state index is 0.0153. The molecular formula is C20H18F2N4O2S. The Bertz CT molecular complexity index is 1090. The third-order valence-corrected chi connectivity index (χ3v) is 5.62. The van der Waals surface area contributed by atoms with Crippen molar-refractivity contribution in [2.45, 2.75) is 0 Å². The summed E-state index contributed by atoms with van der Waals surface area (Å²) in [5.41, 5.74) is -0.183. The molecule has 1 aliphatic heterocycles. The largest absolute Gasteiger partial charge is 0.378 e. The van der Waals surface area contributed by atoms with Crippen LogP contribution in [0.1, 0.15) is 11.1 Å². The molecule has 1 fully saturated rings. The normalized spacial score (nSPS) is 14.1. The quantitative estimate of drug-likeness (QED) is 0.554. The molecule has 1 aliphatic rings. The van der Waals surface area contributed by atoms with Gasteiger partial charge in [-0.25, -0.2) is 8.78 Å². The molecule has 4 rings (SSSR count). The fourth-order valence-electron chi connectivity index (χ4n) is 3.13. The number of rotatable bonds is 5. The van der Waals surface area contributed by atoms with Crippen molar-refractivity contribution in [2.24, 2.45) is 0 Å². The molecule has 0 unspecified atom stereocenters. The van der Waals surface area contributed by atoms with Gasteiger partial charge in [-0.15, -0.1) is 11.3 Å². The van der Waals surface area contributed by atoms with Gasteiger partial charge < -0.3 is 19.9 Å². The number of morpholine rings is 1. The summed E-state index contributed by atoms with van der Waals surface area (Å²) in [6, 6.07) is 6.83. The average molecular weight is 416 g/mol. The van der Waals surface area contributed by atoms with Crippen LogP contribution in [0, 0.1) is 17.0 Å². The molecule has 0 aliphatic carbocycles. The maximum Gasteiger partial charge on any atom is 0.259 e. The monoisotopic (exact) mass is 416 g/mol. The van der Waals surface area contributed by atoms with Crippen LogP contribution < -0.4 is 15.8 Å². The van der Waals surface area contributed by atoms with Gasteiger partial charge >= 0.3 is 0 Å². The van der Waals surface area contributed by atoms with Crippen LogP contribution in [0.25, 0.3) is 0 Å². The number of hydrogen-bond donors (Lipinski definition) is 3. The number of benzene rings is 1. The highest BCUT2D eigenvalue weighted by Crippen LogP contribution is 2.29. The second kappa shape index (κ2) is 8.14. The van der Waals surface area contributed by atoms with Gasteiger partial charge in [0, 0.05) is 30.2 Å². The Morgan fingerprint density at radius 3 is 2.66 bits per heavy atom. The lowest BCUT2D eigenvalue weighted by atomic mass is 10.0. The lowest BCUT2D eigenvalue weighted by Gasteiger charge is -2.27. The average Bonchev–Trinajstić information content (AvgIpc) is 3.21. The predicted octanol–water partition coefficient (Wildman–Crippen LogP) is 3.71. The molecule has 0 amide bonds. The Balaban J connectivity index is 1.67. The van der Waals surface area contributed by atoms with Crippen molar-refractivity contribution in [1.82, 2.24) is 4.98 Å². The summed E-state index contributed by atoms with van der Waals surface area (Å²) in [7, 11) is 0. The number of nitrogens with one attached hydrogen (secondary N) is 3. The van der Waals surface area contributed by atoms with Crippen molar-refractivity contribution in [2.75, 3.05) is 36.5 Å². The molecule has 3 heterocycles. The number of pyridine rings is 1. The molecule has 29 heavy (non-hydrogen) atoms. The summed E-state index contributed by atoms with van der Waals surface area (Å²) in [6.07, 6.45) is 1.37. The van der Waals surface area contributed by atoms with Gasteiger partial charge in [-0.1, -0.05) is 6.07 Å². The Morgan fingerprint density at radius 1 is 1.21 bits per heavy atom. The van der Waals surface area contributed by atoms with Crippen LogP contribution >= 0.6 is 11.3 Å². The van der Waals surface area contributed by atoms with Crippen molar-refractivity contribution < 1.29 is 13.5 Å². The summed E-state index contributed by atoms with van der Waals surface area (Å²) in [4.78, 5) is 17.2. The van der Waals surface area contributed by atoms with Gasteiger partial charge in [0.2, 0.25) is 0 Å². The van der Waals surface area contributed by atoms with E-state index in [9.17, 15) is 13.6 Å². The first-order chi connectivity index (χ1) is 14.0. The summed E-state index contributed by atoms with van der Waals surface area (Å²) in [6.45, 7) is 2.81. The van der Waals surface area contributed by atoms with E-state index in [1.165, 1.54) is 29.7 Å². The van der Waals surface area contributed by atoms with E-state index in [1.807, 2.05) is 6.07 Å². The third kappa shape index (κ3) is 3.92. The molecule has 0 atom stereocenters. The van der Waals surface area contributed by atoms with Crippen molar-refractivity contribution in [1.29, 1.82) is 5.41 Å². The van der Waals surface area contributed by atoms with E-state index < -0.39 is 17.2 Å². The van der Waals surface area contributed by atoms with Crippen LogP contribution in [0.2, 0.25) is 0 Å². The molecule has 6 nitrogen and oxygen atoms in total. The number of aromatic amines is 1. The third-order valence-electron chi connectivity index (χ3n) is 4.63. The Hall–Kier alpha value is -3.04. The first-order valence-electron chi connectivity index (χ1n) is 8.98. The number of nitrogens with zero attached hydrogens (tertiary/aromatic N) is 1. The lowest BCUT2D eigenvalue weighted by molar-refractivity contribution is 0.123. The van der Waals surface area contributed by atoms with E-state index in [0.717, 1.165) is 30.2 Å². The molecule has 3 N–H and O–H groups in total. The fourth-order valence-corrected chi connectivity index (χ4v) is 4.09. The van der Waals surface area contributed by atoms with Crippen LogP contribution in [0.3, 0.4) is 0 Å². The lowest BCUT2D eigenvalue weighted by Crippen LogP contribution is -2.35. The maximum absolute atomic E-state index is 14.0. The van der Waals surface area contributed by atoms with Gasteiger partial charge in [-0.05, 0) is 24.3 Å². The molecule has 0 bridgehead atoms. The van der Waals surface area contributed by atoms with Crippen LogP contribution in [0.15, 0.2) is 46.7 Å². The first-order valence-corrected chi connectivity index (χ1v) is 9.86. The zero-order valence-corrected chi connectivity index (χ0v) is 16.1. The topological polar surface area (TPSA) is 81.2 Å². The first kappa shape index (κ1) is 19.3. The second-order valence-electron chi connectivity index (χ2n) is 6.47. The molecule has 1 saturated heterocycles. The minimum atomic E-state index is -0.784. The van der Waals surface area contributed by atoms with Crippen molar-refractivity contribution in [3.8, 4) is 0 Å². The summed E-state index contributed by atoms with van der Waals surface area (Å²) < 4.78 is 33.4. The van der Waals surface area contributed by atoms with Gasteiger partial charge in [0.05, 0.1) is 35.2 Å². The van der Waals surface area contributed by atoms with E-state index in [2.05, 4.69) is 15.2 Å². The predicted molar refractivity (Wildman–Crippen MR) is 110 cm³/mol. The number of H-pyrrole nitrogens is 1. The fraction of sp³-hybridized carbons (Fsp3) is 0.200. The zero-order valence-electron chi connectivity index (χ0n) is 15.3. The molecule has 0 spiro atoms. The smallest absolute Gasteiger partial charge is 0.259 e. The highest BCUT2D eigenvalue weighted by atomic mass is 32.1. The maximum atomic E-state index is 14.0. The van der Waals surface area contributed by atoms with E-state index >= 15 is 0 Å². The zero-order chi connectivity index (χ0) is 20.4. The van der Waals surface area contributed by atoms with Gasteiger partial charge in [-0.3, -0.25) is 10.2 Å². The Morgan fingerprint density at radius 2 is 1.93 bits per heavy atom. The van der Waals surface area contributed by atoms with E-state index in [1.54, 1.807) is 5.38 Å². The standard InChI is InChI=1S/C20H18F2N4O2S/c21-13-2-1-3-14(22)19(13)25-15-4-5-24-20(27)17(15)18(23)12-10-16(29-11-12)26-6-8-28-9-7-26/h1-5,10-11,23H,6-9H2,(H2,24,25,27). The number of anilines is 3. The number of para-hydroxylation sites is 1. The highest BCUT2D eigenvalue weighted by molar-refractivity contribution is 7.14. The second-order valence-corrected chi connectivity index (χ2v) is 7.35. The minimum Gasteiger partial charge on any atom is -0.378 e. The number of halogens is 2. The van der Waals surface area contributed by atoms with Gasteiger partial charge in [0.15, 0.2) is 0 Å². The van der Waals surface area contributed by atoms with E-state index in [4.69, 9.17) is 10.1 Å². The van der Waals surface area contributed by atoms with Gasteiger partial charge in [0.1, 0.15) is 17.3 Å². The number of hydrogen-bond acceptors (Lipinski definition) is 6. The molecular weight excluding hydrogens is 398 g/mol. The number of ether oxygens (including phenoxy) is 1. The summed E-state index contributed by atoms with van der Waals surface area (Å²) in [5, 5.41) is 14.0. The van der Waals surface area contributed by atoms with Gasteiger partial charge in [0.25, 0.3) is 5.56 Å². The van der Waals surface area contributed by atoms with Gasteiger partial charge in [-0.2, -0.15) is 0 Å². The molecule has 150 valence electrons. The highest BCUT2D eigenvalue weighted by Gasteiger charge is 2.20. The summed E-state index contributed by atoms with van der Waals surface area (Å²) in [5.74, 6) is -1.57. The van der Waals surface area contributed by atoms with E-state index in [-0.39, 0.29) is 22.6 Å². The SMILES string of the molecule is N=C(c1csc(N2CCOCC2)c1)c1c(Nc2c(F)cccc2F)cc[nH]c1=O. The van der Waals surface area contributed by atoms with Crippen LogP contribution in [0.4, 0.5) is 25.2 Å². The molecule has 2 aromatic heterocycles. The van der Waals surface area contributed by atoms with Crippen molar-refractivity contribution >= 4 is 33.4 Å². The van der Waals surface area contributed by atoms with Crippen LogP contribution in [-0.4, -0.2) is 37.0 Å². The van der Waals surface area contributed by atoms with Crippen molar-refractivity contribution in [3.05, 3.63) is 75.0 Å². The molecule has 1 aromatic carbocycles. The molecule has 0 radical (unpaired) electrons. The Labute approximate surface area is 169 Å². The van der Waals surface area contributed by atoms with E-state index in [0.29, 0.717) is 18.8 Å². The summed E-state index contributed by atoms with van der Waals surface area (Å²) >= 11 is 1.48. The van der Waals surface area contributed by atoms with Crippen LogP contribution in [-0.2, 0) is 4.74 Å². The van der Waals surface area contributed by atoms with Crippen molar-refractivity contribution in [3.63, 3.8) is 0 Å². The number of thiophene rings is 1. The number of aromatic nitrogens is 1. The molecule has 9 heteroatoms. The molecule has 3 aromatic rings. The molecule has 0 saturated carbocycles. The van der Waals surface area contributed by atoms with Crippen LogP contribution in [0.5, 0.6) is 0 Å². The Kier molecular flexibility index (Phi) is 5.41.